The van der Waals surface area contributed by atoms with Crippen molar-refractivity contribution < 1.29 is 13.2 Å². The van der Waals surface area contributed by atoms with Gasteiger partial charge in [-0.15, -0.1) is 0 Å². The van der Waals surface area contributed by atoms with Crippen LogP contribution in [0.15, 0.2) is 18.2 Å². The number of nitrogens with two attached hydrogens (primary N) is 1. The molecule has 1 aromatic carbocycles. The lowest BCUT2D eigenvalue weighted by Crippen LogP contribution is -2.18. The fourth-order valence-corrected chi connectivity index (χ4v) is 3.30. The van der Waals surface area contributed by atoms with Crippen LogP contribution >= 0.6 is 0 Å². The molecule has 6 heteroatoms. The smallest absolute Gasteiger partial charge is 0.399 e. The lowest BCUT2D eigenvalue weighted by atomic mass is 10.1. The minimum atomic E-state index is -4.45. The van der Waals surface area contributed by atoms with E-state index in [1.165, 1.54) is 10.6 Å². The van der Waals surface area contributed by atoms with Gasteiger partial charge in [0, 0.05) is 12.2 Å². The third kappa shape index (κ3) is 2.71. The van der Waals surface area contributed by atoms with Gasteiger partial charge < -0.3 is 10.3 Å². The molecule has 2 atom stereocenters. The van der Waals surface area contributed by atoms with E-state index in [-0.39, 0.29) is 5.92 Å². The van der Waals surface area contributed by atoms with Crippen LogP contribution in [-0.4, -0.2) is 9.55 Å². The van der Waals surface area contributed by atoms with Crippen LogP contribution in [0.3, 0.4) is 0 Å². The van der Waals surface area contributed by atoms with Crippen molar-refractivity contribution in [2.45, 2.75) is 38.9 Å². The van der Waals surface area contributed by atoms with Crippen molar-refractivity contribution in [1.82, 2.24) is 9.55 Å². The Morgan fingerprint density at radius 3 is 2.71 bits per heavy atom. The summed E-state index contributed by atoms with van der Waals surface area (Å²) >= 11 is 0. The van der Waals surface area contributed by atoms with E-state index in [2.05, 4.69) is 11.9 Å². The van der Waals surface area contributed by atoms with Gasteiger partial charge in [-0.3, -0.25) is 0 Å². The van der Waals surface area contributed by atoms with Gasteiger partial charge in [0.15, 0.2) is 0 Å². The fraction of sp³-hybridized carbons (Fsp3) is 0.533. The first-order chi connectivity index (χ1) is 9.84. The van der Waals surface area contributed by atoms with Crippen molar-refractivity contribution >= 4 is 16.7 Å². The van der Waals surface area contributed by atoms with Crippen molar-refractivity contribution in [2.24, 2.45) is 11.8 Å². The zero-order valence-electron chi connectivity index (χ0n) is 11.8. The van der Waals surface area contributed by atoms with Crippen LogP contribution in [0.2, 0.25) is 0 Å². The summed E-state index contributed by atoms with van der Waals surface area (Å²) in [5.41, 5.74) is 6.89. The molecule has 0 aliphatic heterocycles. The van der Waals surface area contributed by atoms with Gasteiger partial charge in [0.1, 0.15) is 0 Å². The normalized spacial score (nSPS) is 23.0. The van der Waals surface area contributed by atoms with Gasteiger partial charge in [0.25, 0.3) is 0 Å². The molecule has 2 N–H and O–H groups in total. The molecule has 3 rings (SSSR count). The molecule has 0 spiro atoms. The Morgan fingerprint density at radius 2 is 2.10 bits per heavy atom. The molecular formula is C15H18F3N3. The minimum Gasteiger partial charge on any atom is -0.399 e. The monoisotopic (exact) mass is 297 g/mol. The molecule has 1 heterocycles. The molecule has 1 aliphatic carbocycles. The molecular weight excluding hydrogens is 279 g/mol. The number of anilines is 1. The summed E-state index contributed by atoms with van der Waals surface area (Å²) in [6.07, 6.45) is -1.40. The van der Waals surface area contributed by atoms with E-state index in [1.54, 1.807) is 12.1 Å². The number of imidazole rings is 1. The van der Waals surface area contributed by atoms with Crippen LogP contribution < -0.4 is 5.73 Å². The second-order valence-corrected chi connectivity index (χ2v) is 6.08. The van der Waals surface area contributed by atoms with E-state index in [0.717, 1.165) is 19.3 Å². The van der Waals surface area contributed by atoms with Crippen LogP contribution in [0.5, 0.6) is 0 Å². The Balaban J connectivity index is 2.05. The number of hydrogen-bond acceptors (Lipinski definition) is 2. The zero-order chi connectivity index (χ0) is 15.2. The van der Waals surface area contributed by atoms with Crippen LogP contribution in [0, 0.1) is 11.8 Å². The predicted octanol–water partition coefficient (Wildman–Crippen LogP) is 4.07. The van der Waals surface area contributed by atoms with E-state index >= 15 is 0 Å². The fourth-order valence-electron chi connectivity index (χ4n) is 3.30. The number of nitrogen functional groups attached to an aromatic ring is 1. The minimum absolute atomic E-state index is 0.288. The topological polar surface area (TPSA) is 43.8 Å². The van der Waals surface area contributed by atoms with Gasteiger partial charge in [-0.25, -0.2) is 4.98 Å². The maximum Gasteiger partial charge on any atom is 0.449 e. The van der Waals surface area contributed by atoms with Crippen molar-refractivity contribution in [2.75, 3.05) is 5.73 Å². The van der Waals surface area contributed by atoms with Gasteiger partial charge in [-0.05, 0) is 42.9 Å². The first-order valence-electron chi connectivity index (χ1n) is 7.17. The quantitative estimate of drug-likeness (QED) is 0.849. The Kier molecular flexibility index (Phi) is 3.34. The summed E-state index contributed by atoms with van der Waals surface area (Å²) < 4.78 is 41.0. The summed E-state index contributed by atoms with van der Waals surface area (Å²) in [4.78, 5) is 3.76. The van der Waals surface area contributed by atoms with Crippen molar-refractivity contribution in [3.05, 3.63) is 24.0 Å². The molecule has 2 unspecified atom stereocenters. The highest BCUT2D eigenvalue weighted by Gasteiger charge is 2.38. The lowest BCUT2D eigenvalue weighted by molar-refractivity contribution is -0.147. The summed E-state index contributed by atoms with van der Waals surface area (Å²) in [7, 11) is 0. The third-order valence-corrected chi connectivity index (χ3v) is 4.27. The lowest BCUT2D eigenvalue weighted by Gasteiger charge is -2.15. The molecule has 1 aliphatic rings. The first-order valence-corrected chi connectivity index (χ1v) is 7.17. The Morgan fingerprint density at radius 1 is 1.33 bits per heavy atom. The van der Waals surface area contributed by atoms with Crippen molar-refractivity contribution in [3.8, 4) is 0 Å². The molecule has 1 fully saturated rings. The molecule has 0 bridgehead atoms. The van der Waals surface area contributed by atoms with Gasteiger partial charge >= 0.3 is 6.18 Å². The van der Waals surface area contributed by atoms with Crippen molar-refractivity contribution in [1.29, 1.82) is 0 Å². The number of halogens is 3. The van der Waals surface area contributed by atoms with Crippen LogP contribution in [-0.2, 0) is 12.7 Å². The molecule has 21 heavy (non-hydrogen) atoms. The molecule has 2 aromatic rings. The number of hydrogen-bond donors (Lipinski definition) is 1. The van der Waals surface area contributed by atoms with Crippen LogP contribution in [0.25, 0.3) is 11.0 Å². The van der Waals surface area contributed by atoms with E-state index in [9.17, 15) is 13.2 Å². The molecule has 3 nitrogen and oxygen atoms in total. The maximum atomic E-state index is 13.2. The second kappa shape index (κ2) is 4.93. The van der Waals surface area contributed by atoms with E-state index in [1.807, 2.05) is 0 Å². The molecule has 114 valence electrons. The molecule has 0 saturated heterocycles. The summed E-state index contributed by atoms with van der Waals surface area (Å²) in [5.74, 6) is 0.0634. The Hall–Kier alpha value is -1.72. The standard InChI is InChI=1S/C15H18F3N3/c1-9-2-3-10(6-9)8-21-13-5-4-11(19)7-12(13)20-14(21)15(16,17)18/h4-5,7,9-10H,2-3,6,8,19H2,1H3. The second-order valence-electron chi connectivity index (χ2n) is 6.08. The van der Waals surface area contributed by atoms with Gasteiger partial charge in [0.2, 0.25) is 5.82 Å². The number of aromatic nitrogens is 2. The van der Waals surface area contributed by atoms with E-state index < -0.39 is 12.0 Å². The summed E-state index contributed by atoms with van der Waals surface area (Å²) in [6, 6.07) is 4.75. The third-order valence-electron chi connectivity index (χ3n) is 4.27. The SMILES string of the molecule is CC1CCC(Cn2c(C(F)(F)F)nc3cc(N)ccc32)C1. The maximum absolute atomic E-state index is 13.2. The summed E-state index contributed by atoms with van der Waals surface area (Å²) in [6.45, 7) is 2.52. The first kappa shape index (κ1) is 14.2. The number of nitrogens with zero attached hydrogens (tertiary/aromatic N) is 2. The highest BCUT2D eigenvalue weighted by atomic mass is 19.4. The van der Waals surface area contributed by atoms with Crippen LogP contribution in [0.1, 0.15) is 32.0 Å². The average molecular weight is 297 g/mol. The van der Waals surface area contributed by atoms with E-state index in [4.69, 9.17) is 5.73 Å². The van der Waals surface area contributed by atoms with Gasteiger partial charge in [-0.1, -0.05) is 13.3 Å². The summed E-state index contributed by atoms with van der Waals surface area (Å²) in [5, 5.41) is 0. The van der Waals surface area contributed by atoms with Gasteiger partial charge in [-0.2, -0.15) is 13.2 Å². The van der Waals surface area contributed by atoms with E-state index in [0.29, 0.717) is 29.2 Å². The van der Waals surface area contributed by atoms with Crippen LogP contribution in [0.4, 0.5) is 18.9 Å². The average Bonchev–Trinajstić information content (AvgIpc) is 2.93. The highest BCUT2D eigenvalue weighted by Crippen LogP contribution is 2.36. The van der Waals surface area contributed by atoms with Crippen molar-refractivity contribution in [3.63, 3.8) is 0 Å². The molecule has 0 amide bonds. The Bertz CT molecular complexity index is 660. The Labute approximate surface area is 121 Å². The largest absolute Gasteiger partial charge is 0.449 e. The number of fused-ring (bicyclic) bond motifs is 1. The number of alkyl halides is 3. The number of rotatable bonds is 2. The zero-order valence-corrected chi connectivity index (χ0v) is 11.8. The molecule has 1 saturated carbocycles. The molecule has 1 aromatic heterocycles. The highest BCUT2D eigenvalue weighted by molar-refractivity contribution is 5.79. The molecule has 0 radical (unpaired) electrons. The van der Waals surface area contributed by atoms with Gasteiger partial charge in [0.05, 0.1) is 11.0 Å². The number of benzene rings is 1. The predicted molar refractivity (Wildman–Crippen MR) is 75.7 cm³/mol.